The quantitative estimate of drug-likeness (QED) is 0.717. The van der Waals surface area contributed by atoms with Crippen molar-refractivity contribution in [3.63, 3.8) is 0 Å². The number of aryl methyl sites for hydroxylation is 1. The monoisotopic (exact) mass is 202 g/mol. The van der Waals surface area contributed by atoms with Crippen molar-refractivity contribution in [2.75, 3.05) is 0 Å². The van der Waals surface area contributed by atoms with Gasteiger partial charge < -0.3 is 0 Å². The molecule has 0 fully saturated rings. The lowest BCUT2D eigenvalue weighted by atomic mass is 9.79. The lowest BCUT2D eigenvalue weighted by Crippen LogP contribution is -2.23. The van der Waals surface area contributed by atoms with Crippen LogP contribution in [0.1, 0.15) is 42.6 Å². The molecule has 1 nitrogen and oxygen atoms in total. The zero-order chi connectivity index (χ0) is 10.8. The van der Waals surface area contributed by atoms with E-state index in [9.17, 15) is 4.79 Å². The Labute approximate surface area is 91.5 Å². The van der Waals surface area contributed by atoms with Crippen molar-refractivity contribution < 1.29 is 4.79 Å². The van der Waals surface area contributed by atoms with E-state index in [1.54, 1.807) is 0 Å². The minimum atomic E-state index is 0.264. The Morgan fingerprint density at radius 1 is 1.33 bits per heavy atom. The second kappa shape index (κ2) is 4.18. The molecule has 1 aromatic rings. The van der Waals surface area contributed by atoms with Crippen LogP contribution in [0.2, 0.25) is 0 Å². The first-order chi connectivity index (χ1) is 7.18. The number of benzene rings is 1. The summed E-state index contributed by atoms with van der Waals surface area (Å²) in [7, 11) is 0. The molecule has 1 aromatic carbocycles. The molecule has 0 amide bonds. The summed E-state index contributed by atoms with van der Waals surface area (Å²) in [6.07, 6.45) is 3.14. The number of ketones is 1. The minimum absolute atomic E-state index is 0.264. The van der Waals surface area contributed by atoms with E-state index in [1.807, 2.05) is 18.2 Å². The van der Waals surface area contributed by atoms with Gasteiger partial charge in [-0.25, -0.2) is 0 Å². The summed E-state index contributed by atoms with van der Waals surface area (Å²) in [5, 5.41) is 0. The van der Waals surface area contributed by atoms with Crippen molar-refractivity contribution in [3.05, 3.63) is 35.4 Å². The standard InChI is InChI=1S/C14H18O/c1-10(2)9-12-8-7-11-5-3-4-6-13(11)14(12)15/h3-6,10,12H,7-9H2,1-2H3/t12-/m1/s1. The van der Waals surface area contributed by atoms with Crippen LogP contribution in [0.25, 0.3) is 0 Å². The van der Waals surface area contributed by atoms with Crippen LogP contribution < -0.4 is 0 Å². The molecule has 0 saturated heterocycles. The fourth-order valence-electron chi connectivity index (χ4n) is 2.45. The largest absolute Gasteiger partial charge is 0.294 e. The predicted molar refractivity (Wildman–Crippen MR) is 62.0 cm³/mol. The molecule has 0 aliphatic heterocycles. The van der Waals surface area contributed by atoms with E-state index in [1.165, 1.54) is 5.56 Å². The van der Waals surface area contributed by atoms with Crippen LogP contribution in [-0.2, 0) is 6.42 Å². The topological polar surface area (TPSA) is 17.1 Å². The van der Waals surface area contributed by atoms with E-state index >= 15 is 0 Å². The van der Waals surface area contributed by atoms with Gasteiger partial charge in [0.1, 0.15) is 0 Å². The van der Waals surface area contributed by atoms with Crippen molar-refractivity contribution in [1.82, 2.24) is 0 Å². The Balaban J connectivity index is 2.22. The van der Waals surface area contributed by atoms with E-state index in [-0.39, 0.29) is 5.92 Å². The molecule has 0 saturated carbocycles. The number of carbonyl (C=O) groups is 1. The highest BCUT2D eigenvalue weighted by molar-refractivity contribution is 6.00. The van der Waals surface area contributed by atoms with E-state index < -0.39 is 0 Å². The van der Waals surface area contributed by atoms with Crippen LogP contribution >= 0.6 is 0 Å². The minimum Gasteiger partial charge on any atom is -0.294 e. The maximum atomic E-state index is 12.2. The predicted octanol–water partition coefficient (Wildman–Crippen LogP) is 3.48. The van der Waals surface area contributed by atoms with Crippen molar-refractivity contribution in [2.45, 2.75) is 33.1 Å². The molecule has 0 unspecified atom stereocenters. The summed E-state index contributed by atoms with van der Waals surface area (Å²) in [6.45, 7) is 4.38. The third-order valence-corrected chi connectivity index (χ3v) is 3.17. The van der Waals surface area contributed by atoms with Crippen LogP contribution in [0.4, 0.5) is 0 Å². The fraction of sp³-hybridized carbons (Fsp3) is 0.500. The van der Waals surface area contributed by atoms with E-state index in [2.05, 4.69) is 19.9 Å². The summed E-state index contributed by atoms with van der Waals surface area (Å²) in [5.41, 5.74) is 2.21. The Morgan fingerprint density at radius 2 is 2.07 bits per heavy atom. The van der Waals surface area contributed by atoms with Crippen molar-refractivity contribution in [3.8, 4) is 0 Å². The average Bonchev–Trinajstić information content (AvgIpc) is 2.22. The zero-order valence-electron chi connectivity index (χ0n) is 9.49. The first-order valence-electron chi connectivity index (χ1n) is 5.80. The van der Waals surface area contributed by atoms with Gasteiger partial charge in [-0.2, -0.15) is 0 Å². The summed E-state index contributed by atoms with van der Waals surface area (Å²) in [5.74, 6) is 1.25. The van der Waals surface area contributed by atoms with Gasteiger partial charge >= 0.3 is 0 Å². The van der Waals surface area contributed by atoms with Crippen molar-refractivity contribution in [2.24, 2.45) is 11.8 Å². The second-order valence-electron chi connectivity index (χ2n) is 4.89. The van der Waals surface area contributed by atoms with Gasteiger partial charge in [0.2, 0.25) is 0 Å². The Kier molecular flexibility index (Phi) is 2.90. The third kappa shape index (κ3) is 2.11. The van der Waals surface area contributed by atoms with Crippen molar-refractivity contribution in [1.29, 1.82) is 0 Å². The zero-order valence-corrected chi connectivity index (χ0v) is 9.49. The number of Topliss-reactive ketones (excluding diaryl/α,β-unsaturated/α-hetero) is 1. The normalized spacial score (nSPS) is 20.5. The Morgan fingerprint density at radius 3 is 2.80 bits per heavy atom. The molecule has 1 atom stereocenters. The molecule has 0 radical (unpaired) electrons. The molecular formula is C14H18O. The van der Waals surface area contributed by atoms with E-state index in [4.69, 9.17) is 0 Å². The molecule has 0 spiro atoms. The third-order valence-electron chi connectivity index (χ3n) is 3.17. The maximum Gasteiger partial charge on any atom is 0.166 e. The molecule has 0 aromatic heterocycles. The van der Waals surface area contributed by atoms with E-state index in [0.717, 1.165) is 24.8 Å². The molecule has 1 heteroatoms. The summed E-state index contributed by atoms with van der Waals surface area (Å²) < 4.78 is 0. The van der Waals surface area contributed by atoms with Gasteiger partial charge in [0, 0.05) is 11.5 Å². The van der Waals surface area contributed by atoms with Crippen LogP contribution in [0.5, 0.6) is 0 Å². The number of carbonyl (C=O) groups excluding carboxylic acids is 1. The van der Waals surface area contributed by atoms with Crippen LogP contribution in [0.15, 0.2) is 24.3 Å². The molecule has 2 rings (SSSR count). The first kappa shape index (κ1) is 10.4. The number of fused-ring (bicyclic) bond motifs is 1. The Bertz CT molecular complexity index is 365. The first-order valence-corrected chi connectivity index (χ1v) is 5.80. The van der Waals surface area contributed by atoms with Crippen LogP contribution in [0.3, 0.4) is 0 Å². The highest BCUT2D eigenvalue weighted by Crippen LogP contribution is 2.29. The van der Waals surface area contributed by atoms with Gasteiger partial charge in [0.15, 0.2) is 5.78 Å². The van der Waals surface area contributed by atoms with Gasteiger partial charge in [-0.05, 0) is 30.7 Å². The maximum absolute atomic E-state index is 12.2. The SMILES string of the molecule is CC(C)C[C@H]1CCc2ccccc2C1=O. The molecule has 0 bridgehead atoms. The van der Waals surface area contributed by atoms with Gasteiger partial charge in [0.05, 0.1) is 0 Å². The lowest BCUT2D eigenvalue weighted by molar-refractivity contribution is 0.0884. The molecule has 0 heterocycles. The van der Waals surface area contributed by atoms with E-state index in [0.29, 0.717) is 11.7 Å². The smallest absolute Gasteiger partial charge is 0.166 e. The highest BCUT2D eigenvalue weighted by Gasteiger charge is 2.27. The Hall–Kier alpha value is -1.11. The van der Waals surface area contributed by atoms with Gasteiger partial charge in [-0.3, -0.25) is 4.79 Å². The second-order valence-corrected chi connectivity index (χ2v) is 4.89. The fourth-order valence-corrected chi connectivity index (χ4v) is 2.45. The molecule has 0 N–H and O–H groups in total. The van der Waals surface area contributed by atoms with Gasteiger partial charge in [-0.1, -0.05) is 38.1 Å². The highest BCUT2D eigenvalue weighted by atomic mass is 16.1. The summed E-state index contributed by atoms with van der Waals surface area (Å²) in [6, 6.07) is 8.05. The molecule has 80 valence electrons. The molecule has 1 aliphatic carbocycles. The van der Waals surface area contributed by atoms with Crippen molar-refractivity contribution >= 4 is 5.78 Å². The number of rotatable bonds is 2. The number of hydrogen-bond acceptors (Lipinski definition) is 1. The molecule has 1 aliphatic rings. The molecule has 15 heavy (non-hydrogen) atoms. The van der Waals surface area contributed by atoms with Crippen LogP contribution in [-0.4, -0.2) is 5.78 Å². The van der Waals surface area contributed by atoms with Gasteiger partial charge in [0.25, 0.3) is 0 Å². The summed E-state index contributed by atoms with van der Waals surface area (Å²) >= 11 is 0. The van der Waals surface area contributed by atoms with Gasteiger partial charge in [-0.15, -0.1) is 0 Å². The van der Waals surface area contributed by atoms with Crippen LogP contribution in [0, 0.1) is 11.8 Å². The molecular weight excluding hydrogens is 184 g/mol. The lowest BCUT2D eigenvalue weighted by Gasteiger charge is -2.24. The summed E-state index contributed by atoms with van der Waals surface area (Å²) in [4.78, 5) is 12.2. The number of hydrogen-bond donors (Lipinski definition) is 0. The average molecular weight is 202 g/mol.